The summed E-state index contributed by atoms with van der Waals surface area (Å²) in [6.45, 7) is 0. The average Bonchev–Trinajstić information content (AvgIpc) is 2.80. The molecule has 0 fully saturated rings. The molecule has 0 saturated carbocycles. The first-order valence-corrected chi connectivity index (χ1v) is 7.30. The van der Waals surface area contributed by atoms with E-state index in [0.717, 1.165) is 16.8 Å². The van der Waals surface area contributed by atoms with Crippen molar-refractivity contribution in [1.29, 1.82) is 0 Å². The molecule has 1 heterocycles. The van der Waals surface area contributed by atoms with Gasteiger partial charge in [-0.05, 0) is 39.2 Å². The van der Waals surface area contributed by atoms with Crippen LogP contribution >= 0.6 is 27.5 Å². The second-order valence-corrected chi connectivity index (χ2v) is 5.94. The van der Waals surface area contributed by atoms with Gasteiger partial charge in [0, 0.05) is 11.3 Å². The molecule has 1 aliphatic rings. The average molecular weight is 355 g/mol. The van der Waals surface area contributed by atoms with Crippen molar-refractivity contribution in [1.82, 2.24) is 0 Å². The Hall–Kier alpha value is -1.39. The Morgan fingerprint density at radius 2 is 2.10 bits per heavy atom. The van der Waals surface area contributed by atoms with Gasteiger partial charge in [0.15, 0.2) is 0 Å². The first kappa shape index (κ1) is 13.6. The lowest BCUT2D eigenvalue weighted by Gasteiger charge is -2.13. The predicted molar refractivity (Wildman–Crippen MR) is 80.6 cm³/mol. The largest absolute Gasteiger partial charge is 0.326 e. The Balaban J connectivity index is 1.99. The van der Waals surface area contributed by atoms with E-state index >= 15 is 0 Å². The standard InChI is InChI=1S/C15H10BrClFNO/c16-11-3-1-2-10(15(11)18)14(17)8-4-5-12-9(6-8)7-13(20)19-12/h1-6,14H,7H2,(H,19,20). The molecule has 1 amide bonds. The molecule has 2 aromatic rings. The second kappa shape index (κ2) is 5.19. The molecule has 0 bridgehead atoms. The number of anilines is 1. The Morgan fingerprint density at radius 3 is 2.90 bits per heavy atom. The fourth-order valence-corrected chi connectivity index (χ4v) is 2.99. The topological polar surface area (TPSA) is 29.1 Å². The fourth-order valence-electron chi connectivity index (χ4n) is 2.30. The Morgan fingerprint density at radius 1 is 1.30 bits per heavy atom. The van der Waals surface area contributed by atoms with Gasteiger partial charge in [-0.2, -0.15) is 0 Å². The fraction of sp³-hybridized carbons (Fsp3) is 0.133. The van der Waals surface area contributed by atoms with Crippen LogP contribution in [0.2, 0.25) is 0 Å². The summed E-state index contributed by atoms with van der Waals surface area (Å²) >= 11 is 9.54. The van der Waals surface area contributed by atoms with Crippen LogP contribution in [-0.4, -0.2) is 5.91 Å². The number of carbonyl (C=O) groups excluding carboxylic acids is 1. The van der Waals surface area contributed by atoms with E-state index in [1.54, 1.807) is 24.3 Å². The number of hydrogen-bond acceptors (Lipinski definition) is 1. The number of halogens is 3. The maximum atomic E-state index is 14.1. The number of amides is 1. The minimum Gasteiger partial charge on any atom is -0.326 e. The maximum Gasteiger partial charge on any atom is 0.228 e. The zero-order chi connectivity index (χ0) is 14.3. The second-order valence-electron chi connectivity index (χ2n) is 4.65. The van der Waals surface area contributed by atoms with Gasteiger partial charge < -0.3 is 5.32 Å². The SMILES string of the molecule is O=C1Cc2cc(C(Cl)c3cccc(Br)c3F)ccc2N1. The van der Waals surface area contributed by atoms with E-state index in [2.05, 4.69) is 21.2 Å². The molecule has 3 rings (SSSR count). The van der Waals surface area contributed by atoms with Crippen molar-refractivity contribution in [3.05, 3.63) is 63.4 Å². The first-order valence-electron chi connectivity index (χ1n) is 6.07. The number of nitrogens with one attached hydrogen (secondary N) is 1. The summed E-state index contributed by atoms with van der Waals surface area (Å²) < 4.78 is 14.5. The zero-order valence-electron chi connectivity index (χ0n) is 10.3. The highest BCUT2D eigenvalue weighted by molar-refractivity contribution is 9.10. The molecule has 0 aliphatic carbocycles. The molecule has 5 heteroatoms. The Bertz CT molecular complexity index is 704. The molecule has 1 aliphatic heterocycles. The lowest BCUT2D eigenvalue weighted by Crippen LogP contribution is -2.03. The summed E-state index contributed by atoms with van der Waals surface area (Å²) in [4.78, 5) is 11.3. The molecule has 2 aromatic carbocycles. The molecule has 1 atom stereocenters. The van der Waals surface area contributed by atoms with Gasteiger partial charge >= 0.3 is 0 Å². The summed E-state index contributed by atoms with van der Waals surface area (Å²) in [7, 11) is 0. The molecule has 1 N–H and O–H groups in total. The van der Waals surface area contributed by atoms with Crippen molar-refractivity contribution >= 4 is 39.1 Å². The van der Waals surface area contributed by atoms with E-state index in [0.29, 0.717) is 16.5 Å². The highest BCUT2D eigenvalue weighted by atomic mass is 79.9. The summed E-state index contributed by atoms with van der Waals surface area (Å²) in [6.07, 6.45) is 0.341. The normalized spacial score (nSPS) is 14.8. The van der Waals surface area contributed by atoms with Gasteiger partial charge in [0.25, 0.3) is 0 Å². The van der Waals surface area contributed by atoms with Gasteiger partial charge in [-0.3, -0.25) is 4.79 Å². The van der Waals surface area contributed by atoms with Crippen LogP contribution in [0.3, 0.4) is 0 Å². The molecule has 102 valence electrons. The van der Waals surface area contributed by atoms with Crippen LogP contribution in [0, 0.1) is 5.82 Å². The third kappa shape index (κ3) is 2.34. The zero-order valence-corrected chi connectivity index (χ0v) is 12.6. The Labute approximate surface area is 129 Å². The van der Waals surface area contributed by atoms with E-state index in [1.807, 2.05) is 12.1 Å². The van der Waals surface area contributed by atoms with Crippen LogP contribution in [-0.2, 0) is 11.2 Å². The van der Waals surface area contributed by atoms with Crippen LogP contribution in [0.4, 0.5) is 10.1 Å². The maximum absolute atomic E-state index is 14.1. The number of rotatable bonds is 2. The van der Waals surface area contributed by atoms with E-state index in [4.69, 9.17) is 11.6 Å². The lowest BCUT2D eigenvalue weighted by atomic mass is 10.0. The molecule has 1 unspecified atom stereocenters. The van der Waals surface area contributed by atoms with Gasteiger partial charge in [0.05, 0.1) is 16.3 Å². The van der Waals surface area contributed by atoms with E-state index < -0.39 is 5.38 Å². The first-order chi connectivity index (χ1) is 9.56. The molecular weight excluding hydrogens is 345 g/mol. The van der Waals surface area contributed by atoms with Crippen LogP contribution in [0.5, 0.6) is 0 Å². The van der Waals surface area contributed by atoms with E-state index in [9.17, 15) is 9.18 Å². The van der Waals surface area contributed by atoms with Crippen molar-refractivity contribution in [3.8, 4) is 0 Å². The highest BCUT2D eigenvalue weighted by Crippen LogP contribution is 2.35. The number of alkyl halides is 1. The molecule has 0 radical (unpaired) electrons. The van der Waals surface area contributed by atoms with Gasteiger partial charge in [-0.1, -0.05) is 24.3 Å². The third-order valence-corrected chi connectivity index (χ3v) is 4.40. The molecule has 0 spiro atoms. The van der Waals surface area contributed by atoms with Crippen LogP contribution in [0.15, 0.2) is 40.9 Å². The highest BCUT2D eigenvalue weighted by Gasteiger charge is 2.21. The smallest absolute Gasteiger partial charge is 0.228 e. The molecule has 0 aromatic heterocycles. The van der Waals surface area contributed by atoms with Gasteiger partial charge in [-0.25, -0.2) is 4.39 Å². The third-order valence-electron chi connectivity index (χ3n) is 3.30. The van der Waals surface area contributed by atoms with Crippen LogP contribution < -0.4 is 5.32 Å². The quantitative estimate of drug-likeness (QED) is 0.795. The van der Waals surface area contributed by atoms with E-state index in [1.165, 1.54) is 0 Å². The van der Waals surface area contributed by atoms with Crippen LogP contribution in [0.1, 0.15) is 22.1 Å². The van der Waals surface area contributed by atoms with E-state index in [-0.39, 0.29) is 11.7 Å². The van der Waals surface area contributed by atoms with Crippen LogP contribution in [0.25, 0.3) is 0 Å². The monoisotopic (exact) mass is 353 g/mol. The number of fused-ring (bicyclic) bond motifs is 1. The summed E-state index contributed by atoms with van der Waals surface area (Å²) in [5.41, 5.74) is 2.89. The minimum absolute atomic E-state index is 0.0306. The molecule has 0 saturated heterocycles. The minimum atomic E-state index is -0.589. The predicted octanol–water partition coefficient (Wildman–Crippen LogP) is 4.41. The summed E-state index contributed by atoms with van der Waals surface area (Å²) in [5, 5.41) is 2.17. The van der Waals surface area contributed by atoms with Crippen molar-refractivity contribution in [2.75, 3.05) is 5.32 Å². The van der Waals surface area contributed by atoms with Crippen molar-refractivity contribution < 1.29 is 9.18 Å². The van der Waals surface area contributed by atoms with Crippen molar-refractivity contribution in [2.24, 2.45) is 0 Å². The molecular formula is C15H10BrClFNO. The Kier molecular flexibility index (Phi) is 3.52. The molecule has 20 heavy (non-hydrogen) atoms. The summed E-state index contributed by atoms with van der Waals surface area (Å²) in [6, 6.07) is 10.5. The molecule has 2 nitrogen and oxygen atoms in total. The number of hydrogen-bond donors (Lipinski definition) is 1. The van der Waals surface area contributed by atoms with Gasteiger partial charge in [0.1, 0.15) is 5.82 Å². The van der Waals surface area contributed by atoms with Gasteiger partial charge in [0.2, 0.25) is 5.91 Å². The number of benzene rings is 2. The number of carbonyl (C=O) groups is 1. The van der Waals surface area contributed by atoms with Gasteiger partial charge in [-0.15, -0.1) is 11.6 Å². The van der Waals surface area contributed by atoms with Crippen molar-refractivity contribution in [3.63, 3.8) is 0 Å². The van der Waals surface area contributed by atoms with Crippen molar-refractivity contribution in [2.45, 2.75) is 11.8 Å². The lowest BCUT2D eigenvalue weighted by molar-refractivity contribution is -0.115. The summed E-state index contributed by atoms with van der Waals surface area (Å²) in [5.74, 6) is -0.390.